The Morgan fingerprint density at radius 2 is 1.56 bits per heavy atom. The zero-order chi connectivity index (χ0) is 30.2. The lowest BCUT2D eigenvalue weighted by atomic mass is 10.0. The molecule has 0 aliphatic rings. The van der Waals surface area contributed by atoms with Gasteiger partial charge in [0.1, 0.15) is 18.4 Å². The fourth-order valence-electron chi connectivity index (χ4n) is 4.13. The molecule has 0 radical (unpaired) electrons. The zero-order valence-corrected chi connectivity index (χ0v) is 25.2. The van der Waals surface area contributed by atoms with Gasteiger partial charge in [0.2, 0.25) is 11.8 Å². The lowest BCUT2D eigenvalue weighted by Crippen LogP contribution is -2.54. The van der Waals surface area contributed by atoms with Gasteiger partial charge in [-0.15, -0.1) is 0 Å². The normalized spacial score (nSPS) is 12.3. The van der Waals surface area contributed by atoms with Crippen LogP contribution in [-0.4, -0.2) is 62.7 Å². The molecule has 0 spiro atoms. The average molecular weight is 603 g/mol. The van der Waals surface area contributed by atoms with Crippen LogP contribution in [0.3, 0.4) is 0 Å². The van der Waals surface area contributed by atoms with Crippen molar-refractivity contribution in [2.75, 3.05) is 31.5 Å². The van der Waals surface area contributed by atoms with E-state index in [9.17, 15) is 22.4 Å². The van der Waals surface area contributed by atoms with Gasteiger partial charge in [-0.05, 0) is 53.4 Å². The van der Waals surface area contributed by atoms with Crippen LogP contribution in [-0.2, 0) is 32.8 Å². The van der Waals surface area contributed by atoms with E-state index in [0.717, 1.165) is 26.3 Å². The molecule has 11 heteroatoms. The molecule has 1 atom stereocenters. The maximum Gasteiger partial charge on any atom is 0.304 e. The first-order valence-corrected chi connectivity index (χ1v) is 15.0. The molecule has 2 amide bonds. The Labute approximate surface area is 246 Å². The van der Waals surface area contributed by atoms with Crippen LogP contribution in [0.15, 0.2) is 78.9 Å². The third-order valence-corrected chi connectivity index (χ3v) is 8.39. The van der Waals surface area contributed by atoms with E-state index in [1.165, 1.54) is 31.1 Å². The molecule has 0 heterocycles. The maximum absolute atomic E-state index is 14.1. The second-order valence-electron chi connectivity index (χ2n) is 10.3. The number of anilines is 1. The molecular formula is C30H36ClFN4O4S. The van der Waals surface area contributed by atoms with E-state index >= 15 is 0 Å². The molecule has 0 fully saturated rings. The first-order chi connectivity index (χ1) is 19.4. The molecule has 8 nitrogen and oxygen atoms in total. The van der Waals surface area contributed by atoms with Gasteiger partial charge >= 0.3 is 10.2 Å². The highest BCUT2D eigenvalue weighted by atomic mass is 35.5. The fraction of sp³-hybridized carbons (Fsp3) is 0.333. The van der Waals surface area contributed by atoms with Crippen molar-refractivity contribution in [3.8, 4) is 0 Å². The van der Waals surface area contributed by atoms with E-state index in [0.29, 0.717) is 17.1 Å². The van der Waals surface area contributed by atoms with Crippen LogP contribution >= 0.6 is 11.6 Å². The van der Waals surface area contributed by atoms with E-state index in [1.54, 1.807) is 24.3 Å². The van der Waals surface area contributed by atoms with E-state index < -0.39 is 34.5 Å². The fourth-order valence-corrected chi connectivity index (χ4v) is 5.40. The summed E-state index contributed by atoms with van der Waals surface area (Å²) in [7, 11) is -1.47. The Hall–Kier alpha value is -3.47. The monoisotopic (exact) mass is 602 g/mol. The molecule has 0 saturated heterocycles. The summed E-state index contributed by atoms with van der Waals surface area (Å²) in [5.74, 6) is -1.34. The third-order valence-electron chi connectivity index (χ3n) is 6.33. The maximum atomic E-state index is 14.1. The highest BCUT2D eigenvalue weighted by molar-refractivity contribution is 7.90. The largest absolute Gasteiger partial charge is 0.354 e. The summed E-state index contributed by atoms with van der Waals surface area (Å²) in [5.41, 5.74) is 1.61. The predicted molar refractivity (Wildman–Crippen MR) is 160 cm³/mol. The van der Waals surface area contributed by atoms with E-state index in [-0.39, 0.29) is 30.5 Å². The molecule has 1 N–H and O–H groups in total. The van der Waals surface area contributed by atoms with Gasteiger partial charge < -0.3 is 10.2 Å². The highest BCUT2D eigenvalue weighted by Crippen LogP contribution is 2.23. The summed E-state index contributed by atoms with van der Waals surface area (Å²) < 4.78 is 42.3. The topological polar surface area (TPSA) is 90.0 Å². The number of carbonyl (C=O) groups is 2. The quantitative estimate of drug-likeness (QED) is 0.312. The number of halogens is 2. The number of carbonyl (C=O) groups excluding carboxylic acids is 2. The van der Waals surface area contributed by atoms with E-state index in [2.05, 4.69) is 5.32 Å². The molecule has 0 aliphatic heterocycles. The van der Waals surface area contributed by atoms with Crippen LogP contribution in [0.25, 0.3) is 0 Å². The standard InChI is InChI=1S/C30H36ClFN4O4S/c1-22(2)19-33-30(38)28(18-23-9-6-5-7-10-23)35(20-24-11-8-12-25(31)17-24)29(37)21-36(41(39,40)34(3)4)27-15-13-26(32)14-16-27/h5-17,22,28H,18-21H2,1-4H3,(H,33,38)/t28-/m0/s1. The van der Waals surface area contributed by atoms with Crippen LogP contribution in [0.2, 0.25) is 5.02 Å². The summed E-state index contributed by atoms with van der Waals surface area (Å²) in [6, 6.07) is 20.1. The summed E-state index contributed by atoms with van der Waals surface area (Å²) >= 11 is 6.23. The van der Waals surface area contributed by atoms with Gasteiger partial charge in [0, 0.05) is 38.6 Å². The lowest BCUT2D eigenvalue weighted by Gasteiger charge is -2.34. The summed E-state index contributed by atoms with van der Waals surface area (Å²) in [6.07, 6.45) is 0.202. The van der Waals surface area contributed by atoms with Crippen molar-refractivity contribution in [2.45, 2.75) is 32.9 Å². The smallest absolute Gasteiger partial charge is 0.304 e. The van der Waals surface area contributed by atoms with Crippen molar-refractivity contribution >= 4 is 39.3 Å². The van der Waals surface area contributed by atoms with Gasteiger partial charge in [-0.2, -0.15) is 12.7 Å². The average Bonchev–Trinajstić information content (AvgIpc) is 2.93. The third kappa shape index (κ3) is 9.01. The summed E-state index contributed by atoms with van der Waals surface area (Å²) in [4.78, 5) is 29.2. The van der Waals surface area contributed by atoms with Crippen molar-refractivity contribution in [3.05, 3.63) is 101 Å². The van der Waals surface area contributed by atoms with Gasteiger partial charge in [-0.25, -0.2) is 8.70 Å². The Bertz CT molecular complexity index is 1420. The zero-order valence-electron chi connectivity index (χ0n) is 23.6. The van der Waals surface area contributed by atoms with Gasteiger partial charge in [0.05, 0.1) is 5.69 Å². The Morgan fingerprint density at radius 1 is 0.927 bits per heavy atom. The molecule has 41 heavy (non-hydrogen) atoms. The van der Waals surface area contributed by atoms with E-state index in [1.807, 2.05) is 44.2 Å². The molecule has 0 bridgehead atoms. The molecule has 0 aliphatic carbocycles. The minimum absolute atomic E-state index is 0.00522. The first-order valence-electron chi connectivity index (χ1n) is 13.2. The Balaban J connectivity index is 2.08. The van der Waals surface area contributed by atoms with Gasteiger partial charge in [0.25, 0.3) is 0 Å². The summed E-state index contributed by atoms with van der Waals surface area (Å²) in [6.45, 7) is 3.73. The number of hydrogen-bond acceptors (Lipinski definition) is 4. The minimum atomic E-state index is -4.16. The number of nitrogens with zero attached hydrogens (tertiary/aromatic N) is 3. The van der Waals surface area contributed by atoms with Crippen LogP contribution in [0, 0.1) is 11.7 Å². The summed E-state index contributed by atoms with van der Waals surface area (Å²) in [5, 5.41) is 3.39. The van der Waals surface area contributed by atoms with Crippen molar-refractivity contribution in [3.63, 3.8) is 0 Å². The lowest BCUT2D eigenvalue weighted by molar-refractivity contribution is -0.140. The first kappa shape index (κ1) is 32.0. The number of benzene rings is 3. The number of nitrogens with one attached hydrogen (secondary N) is 1. The van der Waals surface area contributed by atoms with Crippen molar-refractivity contribution in [2.24, 2.45) is 5.92 Å². The minimum Gasteiger partial charge on any atom is -0.354 e. The molecular weight excluding hydrogens is 567 g/mol. The van der Waals surface area contributed by atoms with Crippen LogP contribution in [0.5, 0.6) is 0 Å². The molecule has 3 aromatic carbocycles. The molecule has 3 aromatic rings. The number of amides is 2. The predicted octanol–water partition coefficient (Wildman–Crippen LogP) is 4.50. The molecule has 0 unspecified atom stereocenters. The Morgan fingerprint density at radius 3 is 2.15 bits per heavy atom. The second kappa shape index (κ2) is 14.4. The van der Waals surface area contributed by atoms with Gasteiger partial charge in [-0.3, -0.25) is 9.59 Å². The molecule has 3 rings (SSSR count). The number of rotatable bonds is 13. The van der Waals surface area contributed by atoms with Crippen LogP contribution in [0.4, 0.5) is 10.1 Å². The SMILES string of the molecule is CC(C)CNC(=O)[C@H](Cc1ccccc1)N(Cc1cccc(Cl)c1)C(=O)CN(c1ccc(F)cc1)S(=O)(=O)N(C)C. The van der Waals surface area contributed by atoms with Gasteiger partial charge in [-0.1, -0.05) is 67.9 Å². The van der Waals surface area contributed by atoms with Gasteiger partial charge in [0.15, 0.2) is 0 Å². The molecule has 0 saturated carbocycles. The second-order valence-corrected chi connectivity index (χ2v) is 12.8. The van der Waals surface area contributed by atoms with Crippen molar-refractivity contribution < 1.29 is 22.4 Å². The number of hydrogen-bond donors (Lipinski definition) is 1. The molecule has 0 aromatic heterocycles. The molecule has 220 valence electrons. The van der Waals surface area contributed by atoms with Crippen molar-refractivity contribution in [1.82, 2.24) is 14.5 Å². The Kier molecular flexibility index (Phi) is 11.3. The van der Waals surface area contributed by atoms with E-state index in [4.69, 9.17) is 11.6 Å². The van der Waals surface area contributed by atoms with Crippen LogP contribution in [0.1, 0.15) is 25.0 Å². The highest BCUT2D eigenvalue weighted by Gasteiger charge is 2.34. The van der Waals surface area contributed by atoms with Crippen LogP contribution < -0.4 is 9.62 Å². The van der Waals surface area contributed by atoms with Crippen molar-refractivity contribution in [1.29, 1.82) is 0 Å².